The first-order valence-corrected chi connectivity index (χ1v) is 12.5. The summed E-state index contributed by atoms with van der Waals surface area (Å²) in [7, 11) is -3.91. The molecule has 3 rings (SSSR count). The fourth-order valence-electron chi connectivity index (χ4n) is 4.09. The van der Waals surface area contributed by atoms with E-state index in [4.69, 9.17) is 0 Å². The van der Waals surface area contributed by atoms with Crippen molar-refractivity contribution in [1.82, 2.24) is 5.32 Å². The van der Waals surface area contributed by atoms with E-state index in [2.05, 4.69) is 31.3 Å². The number of amides is 1. The molecule has 1 N–H and O–H groups in total. The van der Waals surface area contributed by atoms with Gasteiger partial charge in [-0.15, -0.1) is 0 Å². The highest BCUT2D eigenvalue weighted by Crippen LogP contribution is 2.28. The maximum atomic E-state index is 13.4. The molecule has 1 amide bonds. The summed E-state index contributed by atoms with van der Waals surface area (Å²) < 4.78 is 28.0. The van der Waals surface area contributed by atoms with E-state index in [1.54, 1.807) is 48.5 Å². The number of carbonyl (C=O) groups is 1. The standard InChI is InChI=1S/C27H32N2O3S/c1-21-12-11-15-24(18-21)29(33(31,32)25-16-9-6-10-17-25)20-26(30)28-22(2)19-27(3,4)23-13-7-5-8-14-23/h5-18,22H,19-20H2,1-4H3,(H,28,30). The van der Waals surface area contributed by atoms with Crippen molar-refractivity contribution >= 4 is 21.6 Å². The Kier molecular flexibility index (Phi) is 7.59. The molecule has 0 bridgehead atoms. The molecule has 0 aliphatic rings. The van der Waals surface area contributed by atoms with Gasteiger partial charge in [0.15, 0.2) is 0 Å². The highest BCUT2D eigenvalue weighted by Gasteiger charge is 2.29. The van der Waals surface area contributed by atoms with Crippen LogP contribution in [0.2, 0.25) is 0 Å². The van der Waals surface area contributed by atoms with E-state index in [1.807, 2.05) is 38.1 Å². The van der Waals surface area contributed by atoms with Gasteiger partial charge >= 0.3 is 0 Å². The van der Waals surface area contributed by atoms with Crippen LogP contribution in [0.15, 0.2) is 89.8 Å². The SMILES string of the molecule is Cc1cccc(N(CC(=O)NC(C)CC(C)(C)c2ccccc2)S(=O)(=O)c2ccccc2)c1. The van der Waals surface area contributed by atoms with Crippen LogP contribution in [0.5, 0.6) is 0 Å². The number of benzene rings is 3. The number of carbonyl (C=O) groups excluding carboxylic acids is 1. The molecular weight excluding hydrogens is 432 g/mol. The van der Waals surface area contributed by atoms with Crippen LogP contribution in [-0.4, -0.2) is 26.9 Å². The molecule has 0 aliphatic carbocycles. The van der Waals surface area contributed by atoms with Crippen LogP contribution >= 0.6 is 0 Å². The van der Waals surface area contributed by atoms with Gasteiger partial charge < -0.3 is 5.32 Å². The summed E-state index contributed by atoms with van der Waals surface area (Å²) in [5.41, 5.74) is 2.44. The van der Waals surface area contributed by atoms with E-state index in [0.717, 1.165) is 12.0 Å². The molecule has 1 atom stereocenters. The molecule has 6 heteroatoms. The van der Waals surface area contributed by atoms with Crippen LogP contribution in [0.3, 0.4) is 0 Å². The molecule has 0 aromatic heterocycles. The second kappa shape index (κ2) is 10.2. The Balaban J connectivity index is 1.79. The number of anilines is 1. The van der Waals surface area contributed by atoms with Gasteiger partial charge in [-0.25, -0.2) is 8.42 Å². The average Bonchev–Trinajstić information content (AvgIpc) is 2.78. The lowest BCUT2D eigenvalue weighted by atomic mass is 9.79. The van der Waals surface area contributed by atoms with Gasteiger partial charge in [0.2, 0.25) is 5.91 Å². The monoisotopic (exact) mass is 464 g/mol. The summed E-state index contributed by atoms with van der Waals surface area (Å²) in [5.74, 6) is -0.340. The van der Waals surface area contributed by atoms with Crippen LogP contribution < -0.4 is 9.62 Å². The number of hydrogen-bond acceptors (Lipinski definition) is 3. The minimum absolute atomic E-state index is 0.133. The summed E-state index contributed by atoms with van der Waals surface area (Å²) in [5, 5.41) is 3.00. The van der Waals surface area contributed by atoms with Crippen molar-refractivity contribution in [3.8, 4) is 0 Å². The van der Waals surface area contributed by atoms with Crippen molar-refractivity contribution < 1.29 is 13.2 Å². The van der Waals surface area contributed by atoms with Gasteiger partial charge in [0.1, 0.15) is 6.54 Å². The Bertz CT molecular complexity index is 1180. The Hall–Kier alpha value is -3.12. The molecular formula is C27H32N2O3S. The number of nitrogens with zero attached hydrogens (tertiary/aromatic N) is 1. The summed E-state index contributed by atoms with van der Waals surface area (Å²) >= 11 is 0. The van der Waals surface area contributed by atoms with Crippen LogP contribution in [0.4, 0.5) is 5.69 Å². The molecule has 0 saturated carbocycles. The van der Waals surface area contributed by atoms with Crippen LogP contribution in [-0.2, 0) is 20.2 Å². The van der Waals surface area contributed by atoms with E-state index in [9.17, 15) is 13.2 Å². The van der Waals surface area contributed by atoms with Gasteiger partial charge in [0.05, 0.1) is 10.6 Å². The number of nitrogens with one attached hydrogen (secondary N) is 1. The second-order valence-electron chi connectivity index (χ2n) is 9.09. The lowest BCUT2D eigenvalue weighted by Gasteiger charge is -2.30. The Morgan fingerprint density at radius 1 is 0.939 bits per heavy atom. The maximum Gasteiger partial charge on any atom is 0.264 e. The Morgan fingerprint density at radius 3 is 2.15 bits per heavy atom. The van der Waals surface area contributed by atoms with Gasteiger partial charge in [0.25, 0.3) is 10.0 Å². The zero-order valence-corrected chi connectivity index (χ0v) is 20.5. The molecule has 5 nitrogen and oxygen atoms in total. The molecule has 0 aliphatic heterocycles. The third-order valence-electron chi connectivity index (χ3n) is 5.69. The first-order chi connectivity index (χ1) is 15.6. The molecule has 0 saturated heterocycles. The fourth-order valence-corrected chi connectivity index (χ4v) is 5.53. The third-order valence-corrected chi connectivity index (χ3v) is 7.48. The van der Waals surface area contributed by atoms with E-state index < -0.39 is 10.0 Å². The fraction of sp³-hybridized carbons (Fsp3) is 0.296. The van der Waals surface area contributed by atoms with Crippen LogP contribution in [0, 0.1) is 6.92 Å². The molecule has 0 heterocycles. The highest BCUT2D eigenvalue weighted by molar-refractivity contribution is 7.92. The predicted molar refractivity (Wildman–Crippen MR) is 134 cm³/mol. The normalized spacial score (nSPS) is 12.7. The van der Waals surface area contributed by atoms with E-state index in [0.29, 0.717) is 5.69 Å². The number of aryl methyl sites for hydroxylation is 1. The number of hydrogen-bond donors (Lipinski definition) is 1. The van der Waals surface area contributed by atoms with Crippen LogP contribution in [0.1, 0.15) is 38.3 Å². The largest absolute Gasteiger partial charge is 0.352 e. The molecule has 1 unspecified atom stereocenters. The first-order valence-electron chi connectivity index (χ1n) is 11.1. The van der Waals surface area contributed by atoms with Gasteiger partial charge in [-0.1, -0.05) is 74.5 Å². The molecule has 3 aromatic carbocycles. The lowest BCUT2D eigenvalue weighted by molar-refractivity contribution is -0.120. The minimum atomic E-state index is -3.91. The zero-order valence-electron chi connectivity index (χ0n) is 19.7. The van der Waals surface area contributed by atoms with Crippen molar-refractivity contribution in [2.24, 2.45) is 0 Å². The lowest BCUT2D eigenvalue weighted by Crippen LogP contribution is -2.45. The summed E-state index contributed by atoms with van der Waals surface area (Å²) in [6.07, 6.45) is 0.721. The molecule has 0 fully saturated rings. The van der Waals surface area contributed by atoms with Gasteiger partial charge in [-0.2, -0.15) is 0 Å². The van der Waals surface area contributed by atoms with Crippen molar-refractivity contribution in [2.75, 3.05) is 10.8 Å². The molecule has 3 aromatic rings. The quantitative estimate of drug-likeness (QED) is 0.481. The van der Waals surface area contributed by atoms with Gasteiger partial charge in [-0.3, -0.25) is 9.10 Å². The smallest absolute Gasteiger partial charge is 0.264 e. The maximum absolute atomic E-state index is 13.4. The summed E-state index contributed by atoms with van der Waals surface area (Å²) in [6.45, 7) is 7.83. The van der Waals surface area contributed by atoms with Crippen molar-refractivity contribution in [3.05, 3.63) is 96.1 Å². The topological polar surface area (TPSA) is 66.5 Å². The van der Waals surface area contributed by atoms with E-state index >= 15 is 0 Å². The number of rotatable bonds is 9. The predicted octanol–water partition coefficient (Wildman–Crippen LogP) is 5.06. The molecule has 0 radical (unpaired) electrons. The second-order valence-corrected chi connectivity index (χ2v) is 10.9. The molecule has 174 valence electrons. The molecule has 33 heavy (non-hydrogen) atoms. The van der Waals surface area contributed by atoms with E-state index in [-0.39, 0.29) is 28.8 Å². The summed E-state index contributed by atoms with van der Waals surface area (Å²) in [6, 6.07) is 25.4. The first kappa shape index (κ1) is 24.5. The summed E-state index contributed by atoms with van der Waals surface area (Å²) in [4.78, 5) is 13.2. The third kappa shape index (κ3) is 6.23. The van der Waals surface area contributed by atoms with Gasteiger partial charge in [-0.05, 0) is 61.1 Å². The van der Waals surface area contributed by atoms with Crippen molar-refractivity contribution in [1.29, 1.82) is 0 Å². The van der Waals surface area contributed by atoms with Crippen molar-refractivity contribution in [2.45, 2.75) is 50.5 Å². The van der Waals surface area contributed by atoms with Gasteiger partial charge in [0, 0.05) is 6.04 Å². The number of sulfonamides is 1. The minimum Gasteiger partial charge on any atom is -0.352 e. The Labute approximate surface area is 197 Å². The Morgan fingerprint density at radius 2 is 1.55 bits per heavy atom. The van der Waals surface area contributed by atoms with E-state index in [1.165, 1.54) is 9.87 Å². The average molecular weight is 465 g/mol. The molecule has 0 spiro atoms. The zero-order chi connectivity index (χ0) is 24.1. The highest BCUT2D eigenvalue weighted by atomic mass is 32.2. The van der Waals surface area contributed by atoms with Crippen molar-refractivity contribution in [3.63, 3.8) is 0 Å². The van der Waals surface area contributed by atoms with Crippen LogP contribution in [0.25, 0.3) is 0 Å².